The lowest BCUT2D eigenvalue weighted by atomic mass is 10.0. The molecule has 2 N–H and O–H groups in total. The van der Waals surface area contributed by atoms with Gasteiger partial charge in [0.15, 0.2) is 0 Å². The molecular weight excluding hydrogens is 527 g/mol. The minimum Gasteiger partial charge on any atom is -0.756 e. The summed E-state index contributed by atoms with van der Waals surface area (Å²) in [5, 5.41) is 13.7. The van der Waals surface area contributed by atoms with Crippen LogP contribution in [0.3, 0.4) is 0 Å². The number of unbranched alkanes of at least 4 members (excludes halogenated alkanes) is 13. The molecule has 3 unspecified atom stereocenters. The van der Waals surface area contributed by atoms with Crippen LogP contribution in [0.2, 0.25) is 0 Å². The number of likely N-dealkylation sites (N-methyl/N-ethyl adjacent to an activating group) is 1. The zero-order valence-corrected chi connectivity index (χ0v) is 27.4. The lowest BCUT2D eigenvalue weighted by Gasteiger charge is -2.30. The molecule has 0 aromatic heterocycles. The molecule has 0 aliphatic heterocycles. The van der Waals surface area contributed by atoms with Crippen molar-refractivity contribution in [3.8, 4) is 0 Å². The highest BCUT2D eigenvalue weighted by molar-refractivity contribution is 7.45. The summed E-state index contributed by atoms with van der Waals surface area (Å²) < 4.78 is 22.9. The van der Waals surface area contributed by atoms with Gasteiger partial charge in [-0.3, -0.25) is 9.36 Å². The first kappa shape index (κ1) is 39.2. The van der Waals surface area contributed by atoms with E-state index < -0.39 is 20.0 Å². The summed E-state index contributed by atoms with van der Waals surface area (Å²) in [7, 11) is 1.29. The van der Waals surface area contributed by atoms with Gasteiger partial charge < -0.3 is 28.8 Å². The van der Waals surface area contributed by atoms with E-state index in [1.165, 1.54) is 44.9 Å². The van der Waals surface area contributed by atoms with E-state index in [1.54, 1.807) is 0 Å². The van der Waals surface area contributed by atoms with E-state index in [9.17, 15) is 19.4 Å². The molecule has 9 heteroatoms. The van der Waals surface area contributed by atoms with Gasteiger partial charge in [0.1, 0.15) is 13.2 Å². The molecular formula is C31H63N2O6P. The molecule has 8 nitrogen and oxygen atoms in total. The first-order valence-electron chi connectivity index (χ1n) is 16.0. The molecule has 0 saturated carbocycles. The maximum absolute atomic E-state index is 12.6. The molecule has 238 valence electrons. The van der Waals surface area contributed by atoms with Gasteiger partial charge in [-0.15, -0.1) is 0 Å². The second-order valence-electron chi connectivity index (χ2n) is 12.2. The molecule has 0 heterocycles. The average molecular weight is 591 g/mol. The van der Waals surface area contributed by atoms with Crippen LogP contribution in [0.15, 0.2) is 12.2 Å². The fourth-order valence-electron chi connectivity index (χ4n) is 4.33. The molecule has 0 bridgehead atoms. The van der Waals surface area contributed by atoms with Crippen molar-refractivity contribution in [3.05, 3.63) is 12.2 Å². The second kappa shape index (κ2) is 24.8. The summed E-state index contributed by atoms with van der Waals surface area (Å²) >= 11 is 0. The number of carbonyl (C=O) groups excluding carboxylic acids is 1. The molecule has 0 aliphatic rings. The minimum absolute atomic E-state index is 0.0111. The lowest BCUT2D eigenvalue weighted by Crippen LogP contribution is -2.46. The van der Waals surface area contributed by atoms with Crippen molar-refractivity contribution in [1.82, 2.24) is 5.32 Å². The third kappa shape index (κ3) is 26.2. The van der Waals surface area contributed by atoms with Gasteiger partial charge in [-0.05, 0) is 32.1 Å². The fraction of sp³-hybridized carbons (Fsp3) is 0.903. The molecule has 0 aliphatic carbocycles. The first-order valence-corrected chi connectivity index (χ1v) is 17.5. The lowest BCUT2D eigenvalue weighted by molar-refractivity contribution is -0.870. The highest BCUT2D eigenvalue weighted by Crippen LogP contribution is 2.38. The number of nitrogens with one attached hydrogen (secondary N) is 1. The minimum atomic E-state index is -4.54. The van der Waals surface area contributed by atoms with Crippen molar-refractivity contribution in [2.45, 2.75) is 142 Å². The molecule has 1 amide bonds. The molecule has 0 saturated heterocycles. The Balaban J connectivity index is 4.58. The second-order valence-corrected chi connectivity index (χ2v) is 13.6. The number of phosphoric acid groups is 1. The number of allylic oxidation sites excluding steroid dienone is 2. The Kier molecular flexibility index (Phi) is 24.3. The number of rotatable bonds is 28. The molecule has 0 rings (SSSR count). The summed E-state index contributed by atoms with van der Waals surface area (Å²) in [5.74, 6) is -0.183. The Hall–Kier alpha value is -0.760. The van der Waals surface area contributed by atoms with Crippen LogP contribution in [0.25, 0.3) is 0 Å². The quantitative estimate of drug-likeness (QED) is 0.0457. The normalized spacial score (nSPS) is 15.3. The average Bonchev–Trinajstić information content (AvgIpc) is 2.88. The summed E-state index contributed by atoms with van der Waals surface area (Å²) in [6.07, 6.45) is 22.2. The smallest absolute Gasteiger partial charge is 0.268 e. The van der Waals surface area contributed by atoms with Gasteiger partial charge in [-0.1, -0.05) is 103 Å². The van der Waals surface area contributed by atoms with Crippen molar-refractivity contribution in [3.63, 3.8) is 0 Å². The zero-order chi connectivity index (χ0) is 30.1. The summed E-state index contributed by atoms with van der Waals surface area (Å²) in [5.41, 5.74) is 0. The van der Waals surface area contributed by atoms with Crippen LogP contribution < -0.4 is 10.2 Å². The summed E-state index contributed by atoms with van der Waals surface area (Å²) in [4.78, 5) is 24.9. The summed E-state index contributed by atoms with van der Waals surface area (Å²) in [6.45, 7) is 4.57. The van der Waals surface area contributed by atoms with E-state index >= 15 is 0 Å². The Morgan fingerprint density at radius 3 is 2.05 bits per heavy atom. The highest BCUT2D eigenvalue weighted by atomic mass is 31.2. The Bertz CT molecular complexity index is 683. The maximum Gasteiger partial charge on any atom is 0.268 e. The Morgan fingerprint density at radius 1 is 0.850 bits per heavy atom. The maximum atomic E-state index is 12.6. The van der Waals surface area contributed by atoms with Crippen LogP contribution in [-0.4, -0.2) is 68.5 Å². The monoisotopic (exact) mass is 590 g/mol. The molecule has 0 fully saturated rings. The van der Waals surface area contributed by atoms with Crippen LogP contribution in [0, 0.1) is 0 Å². The molecule has 0 radical (unpaired) electrons. The van der Waals surface area contributed by atoms with Crippen LogP contribution in [0.1, 0.15) is 129 Å². The van der Waals surface area contributed by atoms with Crippen molar-refractivity contribution >= 4 is 13.7 Å². The number of quaternary nitrogens is 1. The third-order valence-corrected chi connectivity index (χ3v) is 7.95. The van der Waals surface area contributed by atoms with E-state index in [1.807, 2.05) is 21.1 Å². The third-order valence-electron chi connectivity index (χ3n) is 6.98. The van der Waals surface area contributed by atoms with Crippen molar-refractivity contribution < 1.29 is 32.9 Å². The largest absolute Gasteiger partial charge is 0.756 e. The molecule has 0 aromatic carbocycles. The first-order chi connectivity index (χ1) is 19.0. The Morgan fingerprint density at radius 2 is 1.43 bits per heavy atom. The van der Waals surface area contributed by atoms with E-state index in [4.69, 9.17) is 9.05 Å². The number of aliphatic hydroxyl groups excluding tert-OH is 1. The number of hydrogen-bond acceptors (Lipinski definition) is 6. The van der Waals surface area contributed by atoms with Crippen LogP contribution in [0.5, 0.6) is 0 Å². The fourth-order valence-corrected chi connectivity index (χ4v) is 5.06. The van der Waals surface area contributed by atoms with E-state index in [0.717, 1.165) is 57.8 Å². The van der Waals surface area contributed by atoms with Crippen LogP contribution in [0.4, 0.5) is 0 Å². The number of amides is 1. The number of hydrogen-bond donors (Lipinski definition) is 2. The predicted molar refractivity (Wildman–Crippen MR) is 164 cm³/mol. The van der Waals surface area contributed by atoms with Crippen molar-refractivity contribution in [1.29, 1.82) is 0 Å². The van der Waals surface area contributed by atoms with Crippen LogP contribution in [-0.2, 0) is 18.4 Å². The van der Waals surface area contributed by atoms with Gasteiger partial charge in [0, 0.05) is 6.42 Å². The number of aliphatic hydroxyl groups is 1. The van der Waals surface area contributed by atoms with Crippen molar-refractivity contribution in [2.75, 3.05) is 40.9 Å². The number of carbonyl (C=O) groups is 1. The predicted octanol–water partition coefficient (Wildman–Crippen LogP) is 6.66. The van der Waals surface area contributed by atoms with Crippen molar-refractivity contribution in [2.24, 2.45) is 0 Å². The van der Waals surface area contributed by atoms with E-state index in [-0.39, 0.29) is 19.1 Å². The van der Waals surface area contributed by atoms with E-state index in [2.05, 4.69) is 31.3 Å². The van der Waals surface area contributed by atoms with Gasteiger partial charge in [-0.2, -0.15) is 0 Å². The number of nitrogens with zero attached hydrogens (tertiary/aromatic N) is 1. The van der Waals surface area contributed by atoms with Gasteiger partial charge in [-0.25, -0.2) is 0 Å². The molecule has 0 aromatic rings. The van der Waals surface area contributed by atoms with Gasteiger partial charge in [0.25, 0.3) is 7.82 Å². The van der Waals surface area contributed by atoms with Gasteiger partial charge in [0.2, 0.25) is 5.91 Å². The van der Waals surface area contributed by atoms with Gasteiger partial charge in [0.05, 0.1) is 39.9 Å². The van der Waals surface area contributed by atoms with Gasteiger partial charge >= 0.3 is 0 Å². The summed E-state index contributed by atoms with van der Waals surface area (Å²) in [6, 6.07) is -0.795. The standard InChI is InChI=1S/C31H63N2O6P/c1-6-8-10-12-14-16-17-19-21-23-25-31(35)32-29(28-39-40(36,37)38-27-26-33(3,4)5)30(34)24-22-20-18-15-13-11-9-7-2/h10,12,29-30,34H,6-9,11,13-28H2,1-5H3,(H-,32,35,36,37)/b12-10-. The molecule has 40 heavy (non-hydrogen) atoms. The molecule has 3 atom stereocenters. The molecule has 0 spiro atoms. The van der Waals surface area contributed by atoms with E-state index in [0.29, 0.717) is 23.9 Å². The Labute approximate surface area is 246 Å². The SMILES string of the molecule is CCC/C=C\CCCCCCCC(=O)NC(COP(=O)([O-])OCC[N+](C)(C)C)C(O)CCCCCCCCCC. The zero-order valence-electron chi connectivity index (χ0n) is 26.5. The highest BCUT2D eigenvalue weighted by Gasteiger charge is 2.24. The topological polar surface area (TPSA) is 108 Å². The number of phosphoric ester groups is 1. The van der Waals surface area contributed by atoms with Crippen LogP contribution >= 0.6 is 7.82 Å².